The molecule has 1 aliphatic rings. The molecular weight excluding hydrogens is 202 g/mol. The van der Waals surface area contributed by atoms with Gasteiger partial charge in [0.25, 0.3) is 0 Å². The van der Waals surface area contributed by atoms with E-state index in [1.165, 1.54) is 7.11 Å². The Morgan fingerprint density at radius 2 is 2.00 bits per heavy atom. The van der Waals surface area contributed by atoms with E-state index < -0.39 is 11.4 Å². The van der Waals surface area contributed by atoms with Crippen molar-refractivity contribution in [1.29, 1.82) is 5.26 Å². The maximum absolute atomic E-state index is 11.7. The van der Waals surface area contributed by atoms with Crippen molar-refractivity contribution in [2.24, 2.45) is 0 Å². The van der Waals surface area contributed by atoms with Crippen LogP contribution in [0.1, 0.15) is 11.1 Å². The summed E-state index contributed by atoms with van der Waals surface area (Å²) in [4.78, 5) is 11.7. The highest BCUT2D eigenvalue weighted by Crippen LogP contribution is 2.47. The van der Waals surface area contributed by atoms with Crippen LogP contribution >= 0.6 is 0 Å². The molecule has 0 N–H and O–H groups in total. The van der Waals surface area contributed by atoms with Gasteiger partial charge in [0, 0.05) is 0 Å². The van der Waals surface area contributed by atoms with Gasteiger partial charge >= 0.3 is 5.97 Å². The first-order chi connectivity index (χ1) is 7.65. The summed E-state index contributed by atoms with van der Waals surface area (Å²) in [6.07, 6.45) is 1.64. The second-order valence-corrected chi connectivity index (χ2v) is 3.84. The summed E-state index contributed by atoms with van der Waals surface area (Å²) in [5.41, 5.74) is 1.45. The van der Waals surface area contributed by atoms with E-state index in [4.69, 9.17) is 10.00 Å². The van der Waals surface area contributed by atoms with Crippen molar-refractivity contribution in [2.75, 3.05) is 7.11 Å². The van der Waals surface area contributed by atoms with Crippen molar-refractivity contribution in [3.8, 4) is 6.07 Å². The summed E-state index contributed by atoms with van der Waals surface area (Å²) in [5, 5.41) is 8.88. The molecule has 0 aliphatic heterocycles. The molecule has 1 aromatic carbocycles. The third-order valence-corrected chi connectivity index (χ3v) is 2.84. The van der Waals surface area contributed by atoms with Crippen molar-refractivity contribution in [2.45, 2.75) is 12.3 Å². The highest BCUT2D eigenvalue weighted by molar-refractivity contribution is 5.98. The average molecular weight is 213 g/mol. The summed E-state index contributed by atoms with van der Waals surface area (Å²) in [6.45, 7) is 1.97. The van der Waals surface area contributed by atoms with Gasteiger partial charge in [0.15, 0.2) is 0 Å². The van der Waals surface area contributed by atoms with Crippen molar-refractivity contribution >= 4 is 5.97 Å². The van der Waals surface area contributed by atoms with Gasteiger partial charge in [-0.25, -0.2) is 0 Å². The molecular formula is C13H11NO2. The second-order valence-electron chi connectivity index (χ2n) is 3.84. The molecule has 2 rings (SSSR count). The number of carbonyl (C=O) groups excluding carboxylic acids is 1. The molecule has 0 amide bonds. The van der Waals surface area contributed by atoms with Gasteiger partial charge in [-0.3, -0.25) is 4.79 Å². The van der Waals surface area contributed by atoms with Gasteiger partial charge < -0.3 is 4.74 Å². The lowest BCUT2D eigenvalue weighted by Crippen LogP contribution is -2.25. The topological polar surface area (TPSA) is 50.1 Å². The van der Waals surface area contributed by atoms with Crippen LogP contribution < -0.4 is 0 Å². The molecule has 1 aliphatic carbocycles. The zero-order valence-corrected chi connectivity index (χ0v) is 9.15. The zero-order valence-electron chi connectivity index (χ0n) is 9.15. The Morgan fingerprint density at radius 3 is 2.44 bits per heavy atom. The van der Waals surface area contributed by atoms with Gasteiger partial charge in [0.05, 0.1) is 18.8 Å². The van der Waals surface area contributed by atoms with Crippen molar-refractivity contribution < 1.29 is 9.53 Å². The van der Waals surface area contributed by atoms with Crippen LogP contribution in [0, 0.1) is 18.3 Å². The van der Waals surface area contributed by atoms with Crippen LogP contribution in [0.4, 0.5) is 0 Å². The van der Waals surface area contributed by atoms with Gasteiger partial charge in [0.2, 0.25) is 0 Å². The van der Waals surface area contributed by atoms with Gasteiger partial charge in [-0.05, 0) is 18.6 Å². The number of benzene rings is 1. The van der Waals surface area contributed by atoms with Crippen LogP contribution in [-0.4, -0.2) is 13.1 Å². The van der Waals surface area contributed by atoms with Gasteiger partial charge in [-0.15, -0.1) is 0 Å². The molecule has 1 unspecified atom stereocenters. The van der Waals surface area contributed by atoms with Crippen molar-refractivity contribution in [3.05, 3.63) is 47.0 Å². The lowest BCUT2D eigenvalue weighted by atomic mass is 9.90. The summed E-state index contributed by atoms with van der Waals surface area (Å²) < 4.78 is 4.75. The lowest BCUT2D eigenvalue weighted by molar-refractivity contribution is -0.142. The highest BCUT2D eigenvalue weighted by atomic mass is 16.5. The number of hydrogen-bond donors (Lipinski definition) is 0. The molecule has 0 bridgehead atoms. The molecule has 80 valence electrons. The zero-order chi connectivity index (χ0) is 11.8. The molecule has 0 saturated carbocycles. The first kappa shape index (κ1) is 10.4. The van der Waals surface area contributed by atoms with E-state index in [2.05, 4.69) is 0 Å². The number of rotatable bonds is 2. The fourth-order valence-corrected chi connectivity index (χ4v) is 1.80. The number of ether oxygens (including phenoxy) is 1. The fourth-order valence-electron chi connectivity index (χ4n) is 1.80. The highest BCUT2D eigenvalue weighted by Gasteiger charge is 2.54. The van der Waals surface area contributed by atoms with E-state index in [-0.39, 0.29) is 0 Å². The van der Waals surface area contributed by atoms with E-state index in [0.29, 0.717) is 5.57 Å². The lowest BCUT2D eigenvalue weighted by Gasteiger charge is -2.14. The van der Waals surface area contributed by atoms with Crippen LogP contribution in [0.2, 0.25) is 0 Å². The molecule has 0 aromatic heterocycles. The van der Waals surface area contributed by atoms with Crippen LogP contribution in [0.3, 0.4) is 0 Å². The van der Waals surface area contributed by atoms with Gasteiger partial charge in [0.1, 0.15) is 5.41 Å². The Kier molecular flexibility index (Phi) is 2.28. The summed E-state index contributed by atoms with van der Waals surface area (Å²) in [7, 11) is 1.33. The van der Waals surface area contributed by atoms with Gasteiger partial charge in [-0.2, -0.15) is 5.26 Å². The van der Waals surface area contributed by atoms with Crippen molar-refractivity contribution in [3.63, 3.8) is 0 Å². The number of nitrogens with zero attached hydrogens (tertiary/aromatic N) is 1. The first-order valence-electron chi connectivity index (χ1n) is 4.94. The van der Waals surface area contributed by atoms with Crippen LogP contribution in [0.15, 0.2) is 35.9 Å². The van der Waals surface area contributed by atoms with E-state index in [1.54, 1.807) is 6.08 Å². The molecule has 3 heteroatoms. The molecule has 0 fully saturated rings. The van der Waals surface area contributed by atoms with Crippen molar-refractivity contribution in [1.82, 2.24) is 0 Å². The Balaban J connectivity index is 2.41. The molecule has 16 heavy (non-hydrogen) atoms. The molecule has 1 atom stereocenters. The SMILES string of the molecule is COC(=O)C1(c2ccc(C)cc2)C=C1C#N. The van der Waals surface area contributed by atoms with Crippen LogP contribution in [0.25, 0.3) is 0 Å². The normalized spacial score (nSPS) is 21.9. The quantitative estimate of drug-likeness (QED) is 0.704. The number of nitriles is 1. The Morgan fingerprint density at radius 1 is 1.38 bits per heavy atom. The summed E-state index contributed by atoms with van der Waals surface area (Å²) >= 11 is 0. The summed E-state index contributed by atoms with van der Waals surface area (Å²) in [5.74, 6) is -0.395. The van der Waals surface area contributed by atoms with E-state index in [0.717, 1.165) is 11.1 Å². The smallest absolute Gasteiger partial charge is 0.325 e. The second kappa shape index (κ2) is 3.49. The minimum atomic E-state index is -0.919. The standard InChI is InChI=1S/C13H11NO2/c1-9-3-5-10(6-4-9)13(12(15)16-2)7-11(13)8-14/h3-7H,1-2H3. The maximum atomic E-state index is 11.7. The molecule has 0 spiro atoms. The van der Waals surface area contributed by atoms with Gasteiger partial charge in [-0.1, -0.05) is 29.8 Å². The minimum absolute atomic E-state index is 0.395. The molecule has 3 nitrogen and oxygen atoms in total. The third-order valence-electron chi connectivity index (χ3n) is 2.84. The Hall–Kier alpha value is -2.08. The van der Waals surface area contributed by atoms with Crippen LogP contribution in [-0.2, 0) is 14.9 Å². The van der Waals surface area contributed by atoms with E-state index >= 15 is 0 Å². The molecule has 0 heterocycles. The number of hydrogen-bond acceptors (Lipinski definition) is 3. The van der Waals surface area contributed by atoms with Crippen LogP contribution in [0.5, 0.6) is 0 Å². The summed E-state index contributed by atoms with van der Waals surface area (Å²) in [6, 6.07) is 9.56. The molecule has 1 aromatic rings. The maximum Gasteiger partial charge on any atom is 0.325 e. The Labute approximate surface area is 94.0 Å². The largest absolute Gasteiger partial charge is 0.468 e. The van der Waals surface area contributed by atoms with E-state index in [1.807, 2.05) is 37.3 Å². The van der Waals surface area contributed by atoms with E-state index in [9.17, 15) is 4.79 Å². The third kappa shape index (κ3) is 1.31. The number of esters is 1. The fraction of sp³-hybridized carbons (Fsp3) is 0.231. The molecule has 0 saturated heterocycles. The predicted octanol–water partition coefficient (Wildman–Crippen LogP) is 1.87. The average Bonchev–Trinajstić information content (AvgIpc) is 3.04. The predicted molar refractivity (Wildman–Crippen MR) is 58.6 cm³/mol. The Bertz CT molecular complexity index is 508. The number of carbonyl (C=O) groups is 1. The first-order valence-corrected chi connectivity index (χ1v) is 4.94. The number of aryl methyl sites for hydroxylation is 1. The minimum Gasteiger partial charge on any atom is -0.468 e. The molecule has 0 radical (unpaired) electrons. The number of methoxy groups -OCH3 is 1. The monoisotopic (exact) mass is 213 g/mol.